The first-order chi connectivity index (χ1) is 14.4. The van der Waals surface area contributed by atoms with Crippen molar-refractivity contribution in [1.82, 2.24) is 9.55 Å². The number of nitrogens with one attached hydrogen (secondary N) is 1. The first-order valence-electron chi connectivity index (χ1n) is 8.99. The third-order valence-corrected chi connectivity index (χ3v) is 5.68. The van der Waals surface area contributed by atoms with Crippen molar-refractivity contribution in [1.29, 1.82) is 0 Å². The largest absolute Gasteiger partial charge is 0.496 e. The van der Waals surface area contributed by atoms with E-state index in [1.165, 1.54) is 30.6 Å². The van der Waals surface area contributed by atoms with Crippen LogP contribution in [0.15, 0.2) is 49.7 Å². The van der Waals surface area contributed by atoms with Gasteiger partial charge in [-0.1, -0.05) is 6.07 Å². The lowest BCUT2D eigenvalue weighted by Gasteiger charge is -2.08. The van der Waals surface area contributed by atoms with Crippen molar-refractivity contribution < 1.29 is 18.7 Å². The molecule has 0 aliphatic rings. The maximum absolute atomic E-state index is 13.2. The van der Waals surface area contributed by atoms with Gasteiger partial charge in [0.05, 0.1) is 26.2 Å². The highest BCUT2D eigenvalue weighted by molar-refractivity contribution is 7.17. The summed E-state index contributed by atoms with van der Waals surface area (Å²) in [6.45, 7) is 1.81. The van der Waals surface area contributed by atoms with Gasteiger partial charge in [-0.3, -0.25) is 14.3 Å². The van der Waals surface area contributed by atoms with Crippen LogP contribution in [0.25, 0.3) is 21.3 Å². The Morgan fingerprint density at radius 2 is 2.00 bits per heavy atom. The lowest BCUT2D eigenvalue weighted by atomic mass is 10.0. The zero-order valence-electron chi connectivity index (χ0n) is 16.5. The summed E-state index contributed by atoms with van der Waals surface area (Å²) < 4.78 is 16.4. The molecule has 8 nitrogen and oxygen atoms in total. The second-order valence-corrected chi connectivity index (χ2v) is 7.50. The molecule has 0 spiro atoms. The van der Waals surface area contributed by atoms with Gasteiger partial charge >= 0.3 is 11.7 Å². The lowest BCUT2D eigenvalue weighted by Crippen LogP contribution is -2.35. The van der Waals surface area contributed by atoms with Gasteiger partial charge in [-0.15, -0.1) is 11.3 Å². The number of benzene rings is 1. The summed E-state index contributed by atoms with van der Waals surface area (Å²) in [4.78, 5) is 40.5. The highest BCUT2D eigenvalue weighted by atomic mass is 32.1. The van der Waals surface area contributed by atoms with Crippen LogP contribution in [0.5, 0.6) is 5.75 Å². The smallest absolute Gasteiger partial charge is 0.373 e. The minimum Gasteiger partial charge on any atom is -0.496 e. The third-order valence-electron chi connectivity index (χ3n) is 4.78. The first-order valence-corrected chi connectivity index (χ1v) is 9.87. The Hall–Kier alpha value is -3.59. The summed E-state index contributed by atoms with van der Waals surface area (Å²) in [7, 11) is 2.85. The third kappa shape index (κ3) is 3.33. The van der Waals surface area contributed by atoms with E-state index in [-0.39, 0.29) is 12.3 Å². The number of hydrogen-bond donors (Lipinski definition) is 1. The number of carbonyl (C=O) groups is 1. The van der Waals surface area contributed by atoms with Crippen molar-refractivity contribution in [3.05, 3.63) is 73.6 Å². The minimum absolute atomic E-state index is 0.00276. The van der Waals surface area contributed by atoms with Crippen molar-refractivity contribution in [3.63, 3.8) is 0 Å². The highest BCUT2D eigenvalue weighted by Gasteiger charge is 2.18. The van der Waals surface area contributed by atoms with Crippen LogP contribution < -0.4 is 16.0 Å². The maximum atomic E-state index is 13.2. The number of ether oxygens (including phenoxy) is 2. The van der Waals surface area contributed by atoms with Gasteiger partial charge in [-0.05, 0) is 42.3 Å². The summed E-state index contributed by atoms with van der Waals surface area (Å²) in [5.74, 6) is 0.415. The van der Waals surface area contributed by atoms with Crippen molar-refractivity contribution in [2.45, 2.75) is 13.5 Å². The van der Waals surface area contributed by atoms with Gasteiger partial charge < -0.3 is 13.9 Å². The Morgan fingerprint density at radius 1 is 1.20 bits per heavy atom. The van der Waals surface area contributed by atoms with Gasteiger partial charge in [0, 0.05) is 10.9 Å². The summed E-state index contributed by atoms with van der Waals surface area (Å²) >= 11 is 1.29. The number of esters is 1. The van der Waals surface area contributed by atoms with Gasteiger partial charge in [0.1, 0.15) is 16.3 Å². The number of thiophene rings is 1. The van der Waals surface area contributed by atoms with Crippen LogP contribution in [0.4, 0.5) is 0 Å². The predicted molar refractivity (Wildman–Crippen MR) is 113 cm³/mol. The Morgan fingerprint density at radius 3 is 2.70 bits per heavy atom. The molecule has 30 heavy (non-hydrogen) atoms. The van der Waals surface area contributed by atoms with Gasteiger partial charge in [0.2, 0.25) is 5.76 Å². The first kappa shape index (κ1) is 19.7. The summed E-state index contributed by atoms with van der Waals surface area (Å²) in [6, 6.07) is 8.62. The zero-order valence-corrected chi connectivity index (χ0v) is 17.3. The topological polar surface area (TPSA) is 104 Å². The molecular weight excluding hydrogens is 408 g/mol. The molecule has 0 unspecified atom stereocenters. The molecule has 3 aromatic heterocycles. The molecule has 1 N–H and O–H groups in total. The number of rotatable bonds is 5. The van der Waals surface area contributed by atoms with Gasteiger partial charge in [0.15, 0.2) is 0 Å². The number of carbonyl (C=O) groups excluding carboxylic acids is 1. The molecule has 4 aromatic rings. The van der Waals surface area contributed by atoms with E-state index in [1.54, 1.807) is 7.11 Å². The molecule has 3 heterocycles. The monoisotopic (exact) mass is 426 g/mol. The standard InChI is InChI=1S/C21H18N2O6S/c1-11-8-12(4-6-15(11)27-2)14-10-30-18-17(14)19(24)23(21(26)22-18)9-13-5-7-16(29-13)20(25)28-3/h4-8,10H,9H2,1-3H3,(H,22,26). The van der Waals surface area contributed by atoms with Crippen molar-refractivity contribution in [2.75, 3.05) is 14.2 Å². The fourth-order valence-corrected chi connectivity index (χ4v) is 4.24. The number of methoxy groups -OCH3 is 2. The zero-order chi connectivity index (χ0) is 21.4. The molecule has 154 valence electrons. The minimum atomic E-state index is -0.632. The molecule has 0 fully saturated rings. The normalized spacial score (nSPS) is 11.0. The quantitative estimate of drug-likeness (QED) is 0.492. The molecular formula is C21H18N2O6S. The fourth-order valence-electron chi connectivity index (χ4n) is 3.29. The average molecular weight is 426 g/mol. The van der Waals surface area contributed by atoms with E-state index in [4.69, 9.17) is 9.15 Å². The predicted octanol–water partition coefficient (Wildman–Crippen LogP) is 3.16. The number of H-pyrrole nitrogens is 1. The van der Waals surface area contributed by atoms with E-state index in [2.05, 4.69) is 9.72 Å². The average Bonchev–Trinajstić information content (AvgIpc) is 3.37. The SMILES string of the molecule is COC(=O)c1ccc(Cn2c(=O)[nH]c3scc(-c4ccc(OC)c(C)c4)c3c2=O)o1. The van der Waals surface area contributed by atoms with E-state index in [0.717, 1.165) is 27.0 Å². The Balaban J connectivity index is 1.81. The second-order valence-electron chi connectivity index (χ2n) is 6.62. The van der Waals surface area contributed by atoms with Crippen LogP contribution in [-0.2, 0) is 11.3 Å². The lowest BCUT2D eigenvalue weighted by molar-refractivity contribution is 0.0563. The van der Waals surface area contributed by atoms with Crippen molar-refractivity contribution in [2.24, 2.45) is 0 Å². The summed E-state index contributed by atoms with van der Waals surface area (Å²) in [5.41, 5.74) is 1.52. The van der Waals surface area contributed by atoms with E-state index in [1.807, 2.05) is 30.5 Å². The van der Waals surface area contributed by atoms with Crippen LogP contribution in [-0.4, -0.2) is 29.7 Å². The number of aromatic amines is 1. The molecule has 1 aromatic carbocycles. The van der Waals surface area contributed by atoms with Gasteiger partial charge in [-0.2, -0.15) is 0 Å². The number of nitrogens with zero attached hydrogens (tertiary/aromatic N) is 1. The molecule has 0 bridgehead atoms. The summed E-state index contributed by atoms with van der Waals surface area (Å²) in [6.07, 6.45) is 0. The van der Waals surface area contributed by atoms with Crippen LogP contribution in [0.1, 0.15) is 21.9 Å². The van der Waals surface area contributed by atoms with Crippen molar-refractivity contribution >= 4 is 27.5 Å². The molecule has 0 aliphatic heterocycles. The number of fused-ring (bicyclic) bond motifs is 1. The Labute approximate surface area is 174 Å². The number of hydrogen-bond acceptors (Lipinski definition) is 7. The number of aryl methyl sites for hydroxylation is 1. The van der Waals surface area contributed by atoms with E-state index >= 15 is 0 Å². The van der Waals surface area contributed by atoms with Crippen molar-refractivity contribution in [3.8, 4) is 16.9 Å². The fraction of sp³-hybridized carbons (Fsp3) is 0.190. The highest BCUT2D eigenvalue weighted by Crippen LogP contribution is 2.32. The molecule has 0 amide bonds. The number of aromatic nitrogens is 2. The molecule has 0 aliphatic carbocycles. The second kappa shape index (κ2) is 7.68. The van der Waals surface area contributed by atoms with Crippen LogP contribution in [0.3, 0.4) is 0 Å². The maximum Gasteiger partial charge on any atom is 0.373 e. The van der Waals surface area contributed by atoms with Crippen LogP contribution in [0, 0.1) is 6.92 Å². The molecule has 9 heteroatoms. The molecule has 4 rings (SSSR count). The summed E-state index contributed by atoms with van der Waals surface area (Å²) in [5, 5.41) is 2.26. The van der Waals surface area contributed by atoms with E-state index in [0.29, 0.717) is 16.0 Å². The number of furan rings is 1. The van der Waals surface area contributed by atoms with Crippen LogP contribution >= 0.6 is 11.3 Å². The molecule has 0 saturated carbocycles. The Bertz CT molecular complexity index is 1370. The van der Waals surface area contributed by atoms with Gasteiger partial charge in [0.25, 0.3) is 5.56 Å². The van der Waals surface area contributed by atoms with E-state index in [9.17, 15) is 14.4 Å². The van der Waals surface area contributed by atoms with E-state index < -0.39 is 17.2 Å². The molecule has 0 saturated heterocycles. The van der Waals surface area contributed by atoms with Gasteiger partial charge in [-0.25, -0.2) is 9.59 Å². The molecule has 0 atom stereocenters. The van der Waals surface area contributed by atoms with Crippen LogP contribution in [0.2, 0.25) is 0 Å². The molecule has 0 radical (unpaired) electrons. The Kier molecular flexibility index (Phi) is 5.04.